The molecule has 0 bridgehead atoms. The first kappa shape index (κ1) is 77.8. The van der Waals surface area contributed by atoms with Crippen LogP contribution in [0.25, 0.3) is 0 Å². The molecule has 0 aromatic carbocycles. The highest BCUT2D eigenvalue weighted by atomic mass is 31.2. The number of nitrogens with one attached hydrogen (secondary N) is 8. The standard InChI is InChI=1S/C53H97N17O16P2/c1-5-6-7-8-9-10-11-12-13-23-45(71)57-35(2)46(72)60-40(20-14-17-24-54)49(75)63-43(31-38-33-69(67-65-38)27-29-87(81,82)83)51(77)58-36(3)47(73)61-41(21-15-18-25-55)50(76)64-44(32-39-34-70(68-66-39)28-30-88(84,85)86)52(78)59-37(4)48(74)62-42(53(79)80)22-16-19-26-56/h33-37,40-44H,5-32,54-56H2,1-4H3,(H,57,71)(H,58,77)(H,59,78)(H,60,72)(H,61,73)(H,62,74)(H,63,75)(H,64,76)(H,79,80)(H2,81,82,83)(H2,84,85,86)/t35-,36-,37-,40-,41-,42-,43-,44-/m0/s1. The molecule has 0 unspecified atom stereocenters. The van der Waals surface area contributed by atoms with E-state index in [9.17, 15) is 77.0 Å². The van der Waals surface area contributed by atoms with Gasteiger partial charge in [-0.1, -0.05) is 68.7 Å². The lowest BCUT2D eigenvalue weighted by atomic mass is 10.0. The predicted octanol–water partition coefficient (Wildman–Crippen LogP) is -1.66. The van der Waals surface area contributed by atoms with Crippen molar-refractivity contribution >= 4 is 68.4 Å². The summed E-state index contributed by atoms with van der Waals surface area (Å²) in [6.07, 6.45) is 12.5. The summed E-state index contributed by atoms with van der Waals surface area (Å²) in [6.45, 7) is 6.36. The summed E-state index contributed by atoms with van der Waals surface area (Å²) in [5, 5.41) is 45.9. The molecule has 0 aliphatic heterocycles. The third-order valence-corrected chi connectivity index (χ3v) is 15.6. The quantitative estimate of drug-likeness (QED) is 0.0260. The molecule has 88 heavy (non-hydrogen) atoms. The fraction of sp³-hybridized carbons (Fsp3) is 0.755. The number of carbonyl (C=O) groups is 9. The lowest BCUT2D eigenvalue weighted by Crippen LogP contribution is -2.60. The van der Waals surface area contributed by atoms with Crippen LogP contribution in [0.4, 0.5) is 0 Å². The molecule has 2 rings (SSSR count). The molecular formula is C53H97N17O16P2. The van der Waals surface area contributed by atoms with Crippen molar-refractivity contribution in [3.8, 4) is 0 Å². The first-order valence-corrected chi connectivity index (χ1v) is 33.8. The van der Waals surface area contributed by atoms with Crippen LogP contribution in [0.15, 0.2) is 12.4 Å². The van der Waals surface area contributed by atoms with Crippen molar-refractivity contribution in [1.82, 2.24) is 72.5 Å². The Balaban J connectivity index is 2.41. The Labute approximate surface area is 513 Å². The molecule has 0 aliphatic rings. The van der Waals surface area contributed by atoms with Gasteiger partial charge in [-0.2, -0.15) is 0 Å². The van der Waals surface area contributed by atoms with E-state index in [0.717, 1.165) is 35.0 Å². The number of amides is 8. The smallest absolute Gasteiger partial charge is 0.327 e. The molecule has 35 heteroatoms. The average Bonchev–Trinajstić information content (AvgIpc) is 3.83. The highest BCUT2D eigenvalue weighted by Crippen LogP contribution is 2.34. The van der Waals surface area contributed by atoms with Crippen LogP contribution in [0.5, 0.6) is 0 Å². The minimum atomic E-state index is -4.47. The van der Waals surface area contributed by atoms with Crippen molar-refractivity contribution in [2.24, 2.45) is 17.2 Å². The van der Waals surface area contributed by atoms with Crippen LogP contribution < -0.4 is 59.7 Å². The third-order valence-electron chi connectivity index (χ3n) is 14.0. The van der Waals surface area contributed by atoms with Crippen molar-refractivity contribution in [1.29, 1.82) is 0 Å². The fourth-order valence-electron chi connectivity index (χ4n) is 8.83. The van der Waals surface area contributed by atoms with Gasteiger partial charge < -0.3 is 84.4 Å². The molecule has 19 N–H and O–H groups in total. The van der Waals surface area contributed by atoms with Crippen LogP contribution in [-0.4, -0.2) is 188 Å². The Morgan fingerprint density at radius 3 is 1.15 bits per heavy atom. The molecule has 8 amide bonds. The molecule has 2 heterocycles. The molecule has 0 fully saturated rings. The van der Waals surface area contributed by atoms with Gasteiger partial charge in [-0.25, -0.2) is 4.79 Å². The monoisotopic (exact) mass is 1290 g/mol. The van der Waals surface area contributed by atoms with E-state index >= 15 is 0 Å². The van der Waals surface area contributed by atoms with Crippen molar-refractivity contribution in [2.75, 3.05) is 32.0 Å². The summed E-state index contributed by atoms with van der Waals surface area (Å²) in [6, 6.07) is -11.1. The number of carbonyl (C=O) groups excluding carboxylic acids is 8. The van der Waals surface area contributed by atoms with Gasteiger partial charge in [0.1, 0.15) is 48.3 Å². The molecule has 2 aromatic heterocycles. The highest BCUT2D eigenvalue weighted by molar-refractivity contribution is 7.52. The van der Waals surface area contributed by atoms with Crippen molar-refractivity contribution in [3.05, 3.63) is 23.8 Å². The number of hydrogen-bond acceptors (Lipinski definition) is 18. The van der Waals surface area contributed by atoms with Crippen molar-refractivity contribution in [3.63, 3.8) is 0 Å². The van der Waals surface area contributed by atoms with Crippen molar-refractivity contribution < 1.29 is 77.0 Å². The normalized spacial score (nSPS) is 14.4. The second kappa shape index (κ2) is 41.8. The summed E-state index contributed by atoms with van der Waals surface area (Å²) < 4.78 is 25.4. The topological polar surface area (TPSA) is 525 Å². The molecular weight excluding hydrogens is 1190 g/mol. The van der Waals surface area contributed by atoms with Crippen LogP contribution >= 0.6 is 15.2 Å². The number of aromatic nitrogens is 6. The maximum Gasteiger partial charge on any atom is 0.327 e. The minimum Gasteiger partial charge on any atom is -0.480 e. The predicted molar refractivity (Wildman–Crippen MR) is 322 cm³/mol. The molecule has 0 spiro atoms. The number of nitrogens with zero attached hydrogens (tertiary/aromatic N) is 6. The third kappa shape index (κ3) is 33.3. The molecule has 33 nitrogen and oxygen atoms in total. The lowest BCUT2D eigenvalue weighted by Gasteiger charge is -2.26. The van der Waals surface area contributed by atoms with Crippen LogP contribution in [0.2, 0.25) is 0 Å². The number of unbranched alkanes of at least 4 members (excludes halogenated alkanes) is 11. The van der Waals surface area contributed by atoms with Gasteiger partial charge in [0.05, 0.1) is 36.8 Å². The van der Waals surface area contributed by atoms with Gasteiger partial charge in [0.2, 0.25) is 47.3 Å². The largest absolute Gasteiger partial charge is 0.480 e. The van der Waals surface area contributed by atoms with Crippen molar-refractivity contribution in [2.45, 2.75) is 224 Å². The number of carboxylic acid groups (broad SMARTS) is 1. The summed E-state index contributed by atoms with van der Waals surface area (Å²) in [4.78, 5) is 160. The Morgan fingerprint density at radius 2 is 0.784 bits per heavy atom. The maximum atomic E-state index is 14.3. The zero-order chi connectivity index (χ0) is 65.8. The number of aryl methyl sites for hydroxylation is 2. The van der Waals surface area contributed by atoms with E-state index in [1.807, 2.05) is 0 Å². The second-order valence-corrected chi connectivity index (χ2v) is 25.5. The number of hydrogen-bond donors (Lipinski definition) is 16. The molecule has 500 valence electrons. The van der Waals surface area contributed by atoms with E-state index in [1.165, 1.54) is 58.8 Å². The Kier molecular flexibility index (Phi) is 37.0. The van der Waals surface area contributed by atoms with Gasteiger partial charge in [0, 0.05) is 31.7 Å². The number of rotatable bonds is 48. The molecule has 0 aliphatic carbocycles. The highest BCUT2D eigenvalue weighted by Gasteiger charge is 2.34. The SMILES string of the molecule is CCCCCCCCCCCC(=O)N[C@@H](C)C(=O)N[C@@H](CCCCN)C(=O)N[C@@H](Cc1cn(CCP(=O)(O)O)nn1)C(=O)N[C@@H](C)C(=O)N[C@@H](CCCCN)C(=O)N[C@@H](Cc1cn(CCP(=O)(O)O)nn1)C(=O)N[C@@H](C)C(=O)N[C@@H](CCCCN)C(=O)O. The summed E-state index contributed by atoms with van der Waals surface area (Å²) in [5.41, 5.74) is 17.1. The van der Waals surface area contributed by atoms with Crippen LogP contribution in [0.1, 0.15) is 161 Å². The second-order valence-electron chi connectivity index (χ2n) is 22.0. The van der Waals surface area contributed by atoms with Gasteiger partial charge in [0.15, 0.2) is 0 Å². The Hall–Kier alpha value is -6.31. The summed E-state index contributed by atoms with van der Waals surface area (Å²) in [5.74, 6) is -7.90. The van der Waals surface area contributed by atoms with E-state index < -0.39 is 136 Å². The lowest BCUT2D eigenvalue weighted by molar-refractivity contribution is -0.142. The van der Waals surface area contributed by atoms with Crippen LogP contribution in [0, 0.1) is 0 Å². The van der Waals surface area contributed by atoms with E-state index in [4.69, 9.17) is 17.2 Å². The summed E-state index contributed by atoms with van der Waals surface area (Å²) in [7, 11) is -8.93. The average molecular weight is 1290 g/mol. The molecule has 0 saturated heterocycles. The molecule has 0 radical (unpaired) electrons. The van der Waals surface area contributed by atoms with E-state index in [2.05, 4.69) is 70.1 Å². The van der Waals surface area contributed by atoms with Crippen LogP contribution in [0.3, 0.4) is 0 Å². The van der Waals surface area contributed by atoms with Gasteiger partial charge in [0.25, 0.3) is 0 Å². The zero-order valence-corrected chi connectivity index (χ0v) is 52.9. The summed E-state index contributed by atoms with van der Waals surface area (Å²) >= 11 is 0. The number of aliphatic carboxylic acids is 1. The molecule has 8 atom stereocenters. The first-order chi connectivity index (χ1) is 41.6. The minimum absolute atomic E-state index is 0.0432. The Morgan fingerprint density at radius 1 is 0.455 bits per heavy atom. The first-order valence-electron chi connectivity index (χ1n) is 30.2. The molecule has 0 saturated carbocycles. The van der Waals surface area contributed by atoms with Crippen LogP contribution in [-0.2, 0) is 78.2 Å². The van der Waals surface area contributed by atoms with E-state index in [-0.39, 0.29) is 75.6 Å². The molecule has 2 aromatic rings. The number of carboxylic acids is 1. The zero-order valence-electron chi connectivity index (χ0n) is 51.1. The number of nitrogens with two attached hydrogens (primary N) is 3. The maximum absolute atomic E-state index is 14.3. The Bertz CT molecular complexity index is 2600. The fourth-order valence-corrected chi connectivity index (χ4v) is 9.76. The van der Waals surface area contributed by atoms with Gasteiger partial charge in [-0.3, -0.25) is 56.8 Å². The van der Waals surface area contributed by atoms with E-state index in [0.29, 0.717) is 45.1 Å². The van der Waals surface area contributed by atoms with E-state index in [1.54, 1.807) is 0 Å². The van der Waals surface area contributed by atoms with Gasteiger partial charge in [-0.15, -0.1) is 10.2 Å². The van der Waals surface area contributed by atoms with Gasteiger partial charge >= 0.3 is 21.2 Å². The van der Waals surface area contributed by atoms with Gasteiger partial charge in [-0.05, 0) is 105 Å².